The van der Waals surface area contributed by atoms with Crippen molar-refractivity contribution in [2.75, 3.05) is 13.7 Å². The summed E-state index contributed by atoms with van der Waals surface area (Å²) in [6, 6.07) is 6.61. The Bertz CT molecular complexity index is 877. The number of esters is 2. The summed E-state index contributed by atoms with van der Waals surface area (Å²) in [7, 11) is 1.31. The molecule has 0 radical (unpaired) electrons. The molecule has 2 aromatic rings. The monoisotopic (exact) mass is 421 g/mol. The van der Waals surface area contributed by atoms with Crippen molar-refractivity contribution in [2.45, 2.75) is 39.8 Å². The third-order valence-corrected chi connectivity index (χ3v) is 4.58. The Balaban J connectivity index is 1.85. The van der Waals surface area contributed by atoms with E-state index in [1.807, 2.05) is 6.92 Å². The van der Waals surface area contributed by atoms with Gasteiger partial charge in [0.1, 0.15) is 10.7 Å². The maximum Gasteiger partial charge on any atom is 0.343 e. The van der Waals surface area contributed by atoms with Crippen molar-refractivity contribution < 1.29 is 23.9 Å². The van der Waals surface area contributed by atoms with Gasteiger partial charge < -0.3 is 14.8 Å². The van der Waals surface area contributed by atoms with E-state index in [0.717, 1.165) is 18.4 Å². The number of halogens is 1. The molecule has 0 unspecified atom stereocenters. The number of nitrogens with zero attached hydrogens (tertiary/aromatic N) is 2. The van der Waals surface area contributed by atoms with E-state index in [-0.39, 0.29) is 17.3 Å². The molecule has 8 nitrogen and oxygen atoms in total. The number of amides is 1. The Labute approximate surface area is 174 Å². The summed E-state index contributed by atoms with van der Waals surface area (Å²) in [6.45, 7) is 4.12. The molecule has 0 fully saturated rings. The van der Waals surface area contributed by atoms with Crippen molar-refractivity contribution in [1.29, 1.82) is 0 Å². The van der Waals surface area contributed by atoms with Crippen molar-refractivity contribution in [2.24, 2.45) is 0 Å². The molecule has 2 rings (SSSR count). The molecule has 0 spiro atoms. The lowest BCUT2D eigenvalue weighted by molar-refractivity contribution is -0.124. The first-order chi connectivity index (χ1) is 13.9. The zero-order chi connectivity index (χ0) is 21.4. The fourth-order valence-corrected chi connectivity index (χ4v) is 2.91. The molecule has 9 heteroatoms. The average molecular weight is 422 g/mol. The quantitative estimate of drug-likeness (QED) is 0.625. The number of methoxy groups -OCH3 is 1. The van der Waals surface area contributed by atoms with E-state index in [1.54, 1.807) is 35.9 Å². The molecule has 0 aliphatic rings. The predicted molar refractivity (Wildman–Crippen MR) is 107 cm³/mol. The molecule has 0 bridgehead atoms. The van der Waals surface area contributed by atoms with Crippen molar-refractivity contribution in [3.8, 4) is 0 Å². The number of unbranched alkanes of at least 4 members (excludes halogenated alkanes) is 1. The van der Waals surface area contributed by atoms with Gasteiger partial charge in [0.2, 0.25) is 0 Å². The molecule has 0 atom stereocenters. The second kappa shape index (κ2) is 10.6. The smallest absolute Gasteiger partial charge is 0.343 e. The third-order valence-electron chi connectivity index (χ3n) is 4.19. The van der Waals surface area contributed by atoms with Gasteiger partial charge in [-0.1, -0.05) is 37.1 Å². The third kappa shape index (κ3) is 6.05. The summed E-state index contributed by atoms with van der Waals surface area (Å²) in [5, 5.41) is 7.11. The number of nitrogens with one attached hydrogen (secondary N) is 1. The molecule has 1 aromatic heterocycles. The van der Waals surface area contributed by atoms with Crippen LogP contribution in [0, 0.1) is 6.92 Å². The normalized spacial score (nSPS) is 10.5. The number of carbonyl (C=O) groups is 3. The fourth-order valence-electron chi connectivity index (χ4n) is 2.57. The van der Waals surface area contributed by atoms with Gasteiger partial charge in [0, 0.05) is 13.1 Å². The Morgan fingerprint density at radius 2 is 1.86 bits per heavy atom. The Kier molecular flexibility index (Phi) is 8.21. The summed E-state index contributed by atoms with van der Waals surface area (Å²) in [6.07, 6.45) is 1.86. The Morgan fingerprint density at radius 3 is 2.48 bits per heavy atom. The number of carbonyl (C=O) groups excluding carboxylic acids is 3. The summed E-state index contributed by atoms with van der Waals surface area (Å²) in [4.78, 5) is 35.7. The van der Waals surface area contributed by atoms with Gasteiger partial charge in [0.05, 0.1) is 18.4 Å². The van der Waals surface area contributed by atoms with Crippen molar-refractivity contribution in [1.82, 2.24) is 15.1 Å². The number of aryl methyl sites for hydroxylation is 2. The number of hydrogen-bond acceptors (Lipinski definition) is 6. The lowest BCUT2D eigenvalue weighted by atomic mass is 10.1. The summed E-state index contributed by atoms with van der Waals surface area (Å²) in [5.41, 5.74) is 1.84. The molecule has 1 aromatic carbocycles. The van der Waals surface area contributed by atoms with Gasteiger partial charge in [-0.2, -0.15) is 5.10 Å². The highest BCUT2D eigenvalue weighted by Gasteiger charge is 2.22. The summed E-state index contributed by atoms with van der Waals surface area (Å²) < 4.78 is 11.3. The van der Waals surface area contributed by atoms with Crippen LogP contribution in [0.4, 0.5) is 0 Å². The molecule has 0 aliphatic heterocycles. The van der Waals surface area contributed by atoms with Crippen molar-refractivity contribution in [3.05, 3.63) is 51.8 Å². The van der Waals surface area contributed by atoms with Gasteiger partial charge in [-0.3, -0.25) is 9.48 Å². The van der Waals surface area contributed by atoms with Crippen LogP contribution in [0.15, 0.2) is 24.3 Å². The maximum absolute atomic E-state index is 12.3. The highest BCUT2D eigenvalue weighted by atomic mass is 35.5. The van der Waals surface area contributed by atoms with E-state index in [9.17, 15) is 14.4 Å². The summed E-state index contributed by atoms with van der Waals surface area (Å²) >= 11 is 6.23. The minimum absolute atomic E-state index is 0.175. The predicted octanol–water partition coefficient (Wildman–Crippen LogP) is 2.90. The van der Waals surface area contributed by atoms with Gasteiger partial charge in [0.25, 0.3) is 5.91 Å². The van der Waals surface area contributed by atoms with Crippen LogP contribution in [0.3, 0.4) is 0 Å². The Morgan fingerprint density at radius 1 is 1.17 bits per heavy atom. The number of hydrogen-bond donors (Lipinski definition) is 1. The molecular weight excluding hydrogens is 398 g/mol. The maximum atomic E-state index is 12.3. The minimum atomic E-state index is -0.687. The molecule has 1 heterocycles. The number of rotatable bonds is 9. The van der Waals surface area contributed by atoms with Crippen LogP contribution in [0.25, 0.3) is 0 Å². The highest BCUT2D eigenvalue weighted by molar-refractivity contribution is 6.32. The molecular formula is C20H24ClN3O5. The second-order valence-corrected chi connectivity index (χ2v) is 6.73. The second-order valence-electron chi connectivity index (χ2n) is 6.37. The van der Waals surface area contributed by atoms with Crippen molar-refractivity contribution in [3.63, 3.8) is 0 Å². The zero-order valence-electron chi connectivity index (χ0n) is 16.7. The van der Waals surface area contributed by atoms with Crippen LogP contribution in [-0.4, -0.2) is 41.3 Å². The van der Waals surface area contributed by atoms with Gasteiger partial charge in [-0.25, -0.2) is 9.59 Å². The Hall–Kier alpha value is -2.87. The lowest BCUT2D eigenvalue weighted by Crippen LogP contribution is -2.28. The first-order valence-corrected chi connectivity index (χ1v) is 9.59. The number of ether oxygens (including phenoxy) is 2. The van der Waals surface area contributed by atoms with Gasteiger partial charge in [-0.15, -0.1) is 0 Å². The lowest BCUT2D eigenvalue weighted by Gasteiger charge is -2.07. The van der Waals surface area contributed by atoms with Crippen LogP contribution < -0.4 is 5.32 Å². The summed E-state index contributed by atoms with van der Waals surface area (Å²) in [5.74, 6) is -1.57. The van der Waals surface area contributed by atoms with Crippen LogP contribution in [0.1, 0.15) is 51.7 Å². The molecule has 1 amide bonds. The van der Waals surface area contributed by atoms with Gasteiger partial charge >= 0.3 is 11.9 Å². The van der Waals surface area contributed by atoms with Crippen LogP contribution in [-0.2, 0) is 27.4 Å². The van der Waals surface area contributed by atoms with Gasteiger partial charge in [0.15, 0.2) is 6.61 Å². The van der Waals surface area contributed by atoms with E-state index >= 15 is 0 Å². The number of aromatic nitrogens is 2. The molecule has 0 aliphatic carbocycles. The topological polar surface area (TPSA) is 99.5 Å². The fraction of sp³-hybridized carbons (Fsp3) is 0.400. The van der Waals surface area contributed by atoms with Crippen molar-refractivity contribution >= 4 is 29.4 Å². The standard InChI is InChI=1S/C20H24ClN3O5/c1-4-5-10-24-18(21)17(13(2)23-24)20(27)29-12-16(25)22-11-14-6-8-15(9-7-14)19(26)28-3/h6-9H,4-5,10-12H2,1-3H3,(H,22,25). The largest absolute Gasteiger partial charge is 0.465 e. The molecule has 0 saturated heterocycles. The van der Waals surface area contributed by atoms with Crippen LogP contribution >= 0.6 is 11.6 Å². The zero-order valence-corrected chi connectivity index (χ0v) is 17.4. The highest BCUT2D eigenvalue weighted by Crippen LogP contribution is 2.21. The van der Waals surface area contributed by atoms with E-state index in [4.69, 9.17) is 16.3 Å². The van der Waals surface area contributed by atoms with Crippen LogP contribution in [0.5, 0.6) is 0 Å². The van der Waals surface area contributed by atoms with E-state index < -0.39 is 24.5 Å². The first kappa shape index (κ1) is 22.4. The molecule has 29 heavy (non-hydrogen) atoms. The molecule has 0 saturated carbocycles. The van der Waals surface area contributed by atoms with E-state index in [1.165, 1.54) is 7.11 Å². The van der Waals surface area contributed by atoms with Gasteiger partial charge in [-0.05, 0) is 31.0 Å². The van der Waals surface area contributed by atoms with E-state index in [0.29, 0.717) is 17.8 Å². The SMILES string of the molecule is CCCCn1nc(C)c(C(=O)OCC(=O)NCc2ccc(C(=O)OC)cc2)c1Cl. The first-order valence-electron chi connectivity index (χ1n) is 9.21. The molecule has 1 N–H and O–H groups in total. The average Bonchev–Trinajstić information content (AvgIpc) is 3.01. The number of benzene rings is 1. The van der Waals surface area contributed by atoms with Crippen LogP contribution in [0.2, 0.25) is 5.15 Å². The minimum Gasteiger partial charge on any atom is -0.465 e. The molecule has 156 valence electrons. The van der Waals surface area contributed by atoms with E-state index in [2.05, 4.69) is 15.2 Å².